The van der Waals surface area contributed by atoms with E-state index >= 15 is 0 Å². The molecule has 0 aliphatic heterocycles. The average Bonchev–Trinajstić information content (AvgIpc) is 2.75. The van der Waals surface area contributed by atoms with Gasteiger partial charge in [-0.3, -0.25) is 35.2 Å². The first-order valence-corrected chi connectivity index (χ1v) is 9.24. The first kappa shape index (κ1) is 21.5. The zero-order valence-corrected chi connectivity index (χ0v) is 16.3. The van der Waals surface area contributed by atoms with Crippen molar-refractivity contribution >= 4 is 17.1 Å². The lowest BCUT2D eigenvalue weighted by Gasteiger charge is -2.23. The molecule has 0 atom stereocenters. The summed E-state index contributed by atoms with van der Waals surface area (Å²) in [4.78, 5) is 33.3. The van der Waals surface area contributed by atoms with Crippen molar-refractivity contribution in [3.8, 4) is 0 Å². The van der Waals surface area contributed by atoms with E-state index in [1.54, 1.807) is 36.4 Å². The van der Waals surface area contributed by atoms with Crippen LogP contribution in [0.25, 0.3) is 0 Å². The zero-order valence-electron chi connectivity index (χ0n) is 16.3. The molecule has 10 heteroatoms. The third-order valence-electron chi connectivity index (χ3n) is 4.66. The van der Waals surface area contributed by atoms with Crippen molar-refractivity contribution < 1.29 is 14.8 Å². The molecule has 0 spiro atoms. The minimum atomic E-state index is -0.463. The second-order valence-corrected chi connectivity index (χ2v) is 6.92. The largest absolute Gasteiger partial charge is 0.291 e. The van der Waals surface area contributed by atoms with Crippen LogP contribution in [0.3, 0.4) is 0 Å². The van der Waals surface area contributed by atoms with Crippen LogP contribution < -0.4 is 0 Å². The van der Waals surface area contributed by atoms with Crippen LogP contribution in [-0.2, 0) is 19.6 Å². The number of rotatable bonds is 9. The highest BCUT2D eigenvalue weighted by Crippen LogP contribution is 2.20. The molecule has 0 saturated heterocycles. The normalized spacial score (nSPS) is 10.7. The fourth-order valence-corrected chi connectivity index (χ4v) is 3.11. The molecule has 0 bridgehead atoms. The van der Waals surface area contributed by atoms with Gasteiger partial charge in [0.05, 0.1) is 14.8 Å². The highest BCUT2D eigenvalue weighted by molar-refractivity contribution is 5.35. The molecule has 0 heterocycles. The maximum absolute atomic E-state index is 10.9. The fraction of sp³-hybridized carbons (Fsp3) is 0.143. The smallest absolute Gasteiger partial charge is 0.269 e. The predicted octanol–water partition coefficient (Wildman–Crippen LogP) is 4.61. The highest BCUT2D eigenvalue weighted by atomic mass is 16.6. The zero-order chi connectivity index (χ0) is 22.4. The first-order chi connectivity index (χ1) is 14.8. The topological polar surface area (TPSA) is 133 Å². The molecule has 0 N–H and O–H groups in total. The lowest BCUT2D eigenvalue weighted by Crippen LogP contribution is -2.22. The van der Waals surface area contributed by atoms with Crippen LogP contribution in [0.5, 0.6) is 0 Å². The number of hydrogen-bond donors (Lipinski definition) is 0. The summed E-state index contributed by atoms with van der Waals surface area (Å²) in [5.74, 6) is 0. The molecular weight excluding hydrogens is 404 g/mol. The summed E-state index contributed by atoms with van der Waals surface area (Å²) in [5.41, 5.74) is 2.57. The van der Waals surface area contributed by atoms with Crippen LogP contribution in [0, 0.1) is 30.3 Å². The van der Waals surface area contributed by atoms with E-state index in [4.69, 9.17) is 0 Å². The molecule has 0 fully saturated rings. The number of nitrogens with zero attached hydrogens (tertiary/aromatic N) is 4. The Labute approximate surface area is 176 Å². The van der Waals surface area contributed by atoms with Gasteiger partial charge >= 0.3 is 0 Å². The van der Waals surface area contributed by atoms with Crippen LogP contribution in [0.2, 0.25) is 0 Å². The molecule has 3 aromatic carbocycles. The molecule has 158 valence electrons. The van der Waals surface area contributed by atoms with Gasteiger partial charge in [-0.2, -0.15) is 0 Å². The third kappa shape index (κ3) is 5.90. The molecule has 3 aromatic rings. The second kappa shape index (κ2) is 9.55. The molecule has 0 unspecified atom stereocenters. The summed E-state index contributed by atoms with van der Waals surface area (Å²) in [6.07, 6.45) is 0. The maximum Gasteiger partial charge on any atom is 0.269 e. The monoisotopic (exact) mass is 422 g/mol. The van der Waals surface area contributed by atoms with E-state index in [0.717, 1.165) is 16.7 Å². The number of nitro groups is 3. The fourth-order valence-electron chi connectivity index (χ4n) is 3.11. The molecule has 3 rings (SSSR count). The van der Waals surface area contributed by atoms with Gasteiger partial charge in [0.2, 0.25) is 0 Å². The molecule has 0 aliphatic carbocycles. The quantitative estimate of drug-likeness (QED) is 0.363. The minimum Gasteiger partial charge on any atom is -0.291 e. The maximum atomic E-state index is 10.9. The number of hydrogen-bond acceptors (Lipinski definition) is 7. The van der Waals surface area contributed by atoms with Crippen LogP contribution >= 0.6 is 0 Å². The van der Waals surface area contributed by atoms with Crippen molar-refractivity contribution in [2.45, 2.75) is 19.6 Å². The van der Waals surface area contributed by atoms with Crippen molar-refractivity contribution in [1.82, 2.24) is 4.90 Å². The van der Waals surface area contributed by atoms with Crippen molar-refractivity contribution in [2.75, 3.05) is 0 Å². The predicted molar refractivity (Wildman–Crippen MR) is 112 cm³/mol. The first-order valence-electron chi connectivity index (χ1n) is 9.24. The van der Waals surface area contributed by atoms with Crippen LogP contribution in [0.1, 0.15) is 16.7 Å². The number of benzene rings is 3. The molecule has 0 aromatic heterocycles. The van der Waals surface area contributed by atoms with Gasteiger partial charge in [0, 0.05) is 56.0 Å². The van der Waals surface area contributed by atoms with Gasteiger partial charge < -0.3 is 0 Å². The van der Waals surface area contributed by atoms with Gasteiger partial charge in [-0.15, -0.1) is 0 Å². The number of non-ortho nitro benzene ring substituents is 3. The van der Waals surface area contributed by atoms with Crippen molar-refractivity contribution in [3.05, 3.63) is 120 Å². The van der Waals surface area contributed by atoms with Crippen LogP contribution in [-0.4, -0.2) is 19.7 Å². The Balaban J connectivity index is 1.80. The van der Waals surface area contributed by atoms with E-state index in [9.17, 15) is 30.3 Å². The summed E-state index contributed by atoms with van der Waals surface area (Å²) >= 11 is 0. The average molecular weight is 422 g/mol. The van der Waals surface area contributed by atoms with Gasteiger partial charge in [-0.05, 0) is 16.7 Å². The Morgan fingerprint density at radius 3 is 0.903 bits per heavy atom. The van der Waals surface area contributed by atoms with E-state index in [0.29, 0.717) is 19.6 Å². The second-order valence-electron chi connectivity index (χ2n) is 6.92. The molecule has 31 heavy (non-hydrogen) atoms. The van der Waals surface area contributed by atoms with Crippen molar-refractivity contribution in [1.29, 1.82) is 0 Å². The van der Waals surface area contributed by atoms with Gasteiger partial charge in [0.15, 0.2) is 0 Å². The Bertz CT molecular complexity index is 941. The molecule has 0 aliphatic rings. The van der Waals surface area contributed by atoms with E-state index in [1.807, 2.05) is 4.90 Å². The van der Waals surface area contributed by atoms with Crippen molar-refractivity contribution in [2.24, 2.45) is 0 Å². The molecular formula is C21H18N4O6. The lowest BCUT2D eigenvalue weighted by molar-refractivity contribution is -0.385. The van der Waals surface area contributed by atoms with Crippen LogP contribution in [0.4, 0.5) is 17.1 Å². The number of nitro benzene ring substituents is 3. The van der Waals surface area contributed by atoms with Gasteiger partial charge in [0.1, 0.15) is 0 Å². The SMILES string of the molecule is O=[N+]([O-])c1ccc(CN(Cc2ccc([N+](=O)[O-])cc2)Cc2ccc([N+](=O)[O-])cc2)cc1. The summed E-state index contributed by atoms with van der Waals surface area (Å²) in [7, 11) is 0. The summed E-state index contributed by atoms with van der Waals surface area (Å²) in [6.45, 7) is 1.39. The minimum absolute atomic E-state index is 0.000961. The summed E-state index contributed by atoms with van der Waals surface area (Å²) in [5, 5.41) is 32.6. The Morgan fingerprint density at radius 2 is 0.710 bits per heavy atom. The highest BCUT2D eigenvalue weighted by Gasteiger charge is 2.13. The van der Waals surface area contributed by atoms with E-state index in [-0.39, 0.29) is 17.1 Å². The molecule has 10 nitrogen and oxygen atoms in total. The Morgan fingerprint density at radius 1 is 0.484 bits per heavy atom. The Hall–Kier alpha value is -4.18. The van der Waals surface area contributed by atoms with Crippen molar-refractivity contribution in [3.63, 3.8) is 0 Å². The van der Waals surface area contributed by atoms with Crippen LogP contribution in [0.15, 0.2) is 72.8 Å². The van der Waals surface area contributed by atoms with Gasteiger partial charge in [-0.1, -0.05) is 36.4 Å². The lowest BCUT2D eigenvalue weighted by atomic mass is 10.1. The summed E-state index contributed by atoms with van der Waals surface area (Å²) < 4.78 is 0. The standard InChI is InChI=1S/C21H18N4O6/c26-23(27)19-7-1-16(2-8-19)13-22(14-17-3-9-20(10-4-17)24(28)29)15-18-5-11-21(12-6-18)25(30)31/h1-12H,13-15H2. The molecule has 0 saturated carbocycles. The molecule has 0 amide bonds. The summed E-state index contributed by atoms with van der Waals surface area (Å²) in [6, 6.07) is 18.7. The van der Waals surface area contributed by atoms with E-state index in [1.165, 1.54) is 36.4 Å². The Kier molecular flexibility index (Phi) is 6.63. The van der Waals surface area contributed by atoms with E-state index < -0.39 is 14.8 Å². The van der Waals surface area contributed by atoms with Gasteiger partial charge in [0.25, 0.3) is 17.1 Å². The molecule has 0 radical (unpaired) electrons. The third-order valence-corrected chi connectivity index (χ3v) is 4.66. The van der Waals surface area contributed by atoms with Gasteiger partial charge in [-0.25, -0.2) is 0 Å². The van der Waals surface area contributed by atoms with E-state index in [2.05, 4.69) is 0 Å².